The van der Waals surface area contributed by atoms with Crippen LogP contribution in [-0.4, -0.2) is 11.7 Å². The summed E-state index contributed by atoms with van der Waals surface area (Å²) < 4.78 is 6.86. The number of aromatic nitrogens is 1. The number of benzene rings is 1. The lowest BCUT2D eigenvalue weighted by Crippen LogP contribution is -2.25. The molecule has 0 bridgehead atoms. The summed E-state index contributed by atoms with van der Waals surface area (Å²) in [6.45, 7) is 0.431. The standard InChI is InChI=1S/C14H16N2O2/c1-18-13-7-3-2-6-11(13)12(15)10-16-9-5-4-8-14(16)17/h2-9,12H,10,15H2,1H3. The van der Waals surface area contributed by atoms with Crippen LogP contribution in [0.25, 0.3) is 0 Å². The lowest BCUT2D eigenvalue weighted by atomic mass is 10.1. The second-order valence-electron chi connectivity index (χ2n) is 4.04. The Hall–Kier alpha value is -2.07. The Morgan fingerprint density at radius 2 is 1.94 bits per heavy atom. The molecule has 1 aromatic heterocycles. The number of ether oxygens (including phenoxy) is 1. The second kappa shape index (κ2) is 5.51. The summed E-state index contributed by atoms with van der Waals surface area (Å²) in [5.41, 5.74) is 6.98. The third-order valence-electron chi connectivity index (χ3n) is 2.83. The number of hydrogen-bond acceptors (Lipinski definition) is 3. The Bertz CT molecular complexity index is 578. The van der Waals surface area contributed by atoms with Crippen LogP contribution >= 0.6 is 0 Å². The number of pyridine rings is 1. The minimum absolute atomic E-state index is 0.0529. The molecule has 94 valence electrons. The van der Waals surface area contributed by atoms with Gasteiger partial charge in [-0.15, -0.1) is 0 Å². The van der Waals surface area contributed by atoms with Crippen LogP contribution in [0.5, 0.6) is 5.75 Å². The van der Waals surface area contributed by atoms with Crippen molar-refractivity contribution in [1.82, 2.24) is 4.57 Å². The molecule has 2 aromatic rings. The maximum Gasteiger partial charge on any atom is 0.250 e. The number of hydrogen-bond donors (Lipinski definition) is 1. The van der Waals surface area contributed by atoms with Crippen LogP contribution in [0.15, 0.2) is 53.5 Å². The van der Waals surface area contributed by atoms with Gasteiger partial charge in [-0.2, -0.15) is 0 Å². The van der Waals surface area contributed by atoms with Crippen molar-refractivity contribution in [2.75, 3.05) is 7.11 Å². The van der Waals surface area contributed by atoms with E-state index >= 15 is 0 Å². The molecule has 0 spiro atoms. The van der Waals surface area contributed by atoms with Crippen LogP contribution in [-0.2, 0) is 6.54 Å². The van der Waals surface area contributed by atoms with E-state index < -0.39 is 0 Å². The van der Waals surface area contributed by atoms with E-state index in [0.717, 1.165) is 11.3 Å². The van der Waals surface area contributed by atoms with Crippen molar-refractivity contribution in [2.45, 2.75) is 12.6 Å². The van der Waals surface area contributed by atoms with E-state index in [1.165, 1.54) is 6.07 Å². The summed E-state index contributed by atoms with van der Waals surface area (Å²) in [4.78, 5) is 11.6. The van der Waals surface area contributed by atoms with Crippen molar-refractivity contribution in [3.8, 4) is 5.75 Å². The molecule has 0 aliphatic heterocycles. The molecular weight excluding hydrogens is 228 g/mol. The summed E-state index contributed by atoms with van der Waals surface area (Å²) in [5, 5.41) is 0. The van der Waals surface area contributed by atoms with Crippen molar-refractivity contribution < 1.29 is 4.74 Å². The van der Waals surface area contributed by atoms with Gasteiger partial charge in [0, 0.05) is 24.4 Å². The molecule has 0 fully saturated rings. The Balaban J connectivity index is 2.25. The smallest absolute Gasteiger partial charge is 0.250 e. The minimum Gasteiger partial charge on any atom is -0.496 e. The molecule has 2 rings (SSSR count). The topological polar surface area (TPSA) is 57.2 Å². The molecule has 0 radical (unpaired) electrons. The van der Waals surface area contributed by atoms with E-state index in [-0.39, 0.29) is 11.6 Å². The maximum absolute atomic E-state index is 11.6. The molecule has 0 amide bonds. The fourth-order valence-electron chi connectivity index (χ4n) is 1.89. The molecule has 1 aromatic carbocycles. The van der Waals surface area contributed by atoms with Crippen LogP contribution < -0.4 is 16.0 Å². The van der Waals surface area contributed by atoms with Gasteiger partial charge in [-0.3, -0.25) is 4.79 Å². The number of nitrogens with two attached hydrogens (primary N) is 1. The first-order chi connectivity index (χ1) is 8.72. The third kappa shape index (κ3) is 2.60. The van der Waals surface area contributed by atoms with Crippen LogP contribution in [0, 0.1) is 0 Å². The Labute approximate surface area is 106 Å². The maximum atomic E-state index is 11.6. The molecule has 0 saturated carbocycles. The van der Waals surface area contributed by atoms with E-state index in [2.05, 4.69) is 0 Å². The van der Waals surface area contributed by atoms with Crippen molar-refractivity contribution in [2.24, 2.45) is 5.73 Å². The molecule has 18 heavy (non-hydrogen) atoms. The molecule has 0 aliphatic carbocycles. The van der Waals surface area contributed by atoms with E-state index in [0.29, 0.717) is 6.54 Å². The molecular formula is C14H16N2O2. The average Bonchev–Trinajstić information content (AvgIpc) is 2.41. The molecule has 4 nitrogen and oxygen atoms in total. The van der Waals surface area contributed by atoms with Gasteiger partial charge in [0.25, 0.3) is 5.56 Å². The van der Waals surface area contributed by atoms with Gasteiger partial charge in [0.05, 0.1) is 13.2 Å². The van der Waals surface area contributed by atoms with Crippen molar-refractivity contribution >= 4 is 0 Å². The number of para-hydroxylation sites is 1. The Kier molecular flexibility index (Phi) is 3.79. The van der Waals surface area contributed by atoms with E-state index in [9.17, 15) is 4.79 Å². The number of rotatable bonds is 4. The zero-order valence-corrected chi connectivity index (χ0v) is 10.2. The van der Waals surface area contributed by atoms with Gasteiger partial charge in [0.1, 0.15) is 5.75 Å². The van der Waals surface area contributed by atoms with Gasteiger partial charge in [-0.25, -0.2) is 0 Å². The Morgan fingerprint density at radius 3 is 2.67 bits per heavy atom. The first-order valence-electron chi connectivity index (χ1n) is 5.76. The predicted octanol–water partition coefficient (Wildman–Crippen LogP) is 1.56. The summed E-state index contributed by atoms with van der Waals surface area (Å²) in [6, 6.07) is 12.4. The highest BCUT2D eigenvalue weighted by atomic mass is 16.5. The van der Waals surface area contributed by atoms with E-state index in [1.807, 2.05) is 30.3 Å². The number of nitrogens with zero attached hydrogens (tertiary/aromatic N) is 1. The van der Waals surface area contributed by atoms with Gasteiger partial charge in [-0.05, 0) is 12.1 Å². The highest BCUT2D eigenvalue weighted by molar-refractivity contribution is 5.35. The van der Waals surface area contributed by atoms with Crippen LogP contribution in [0.1, 0.15) is 11.6 Å². The van der Waals surface area contributed by atoms with E-state index in [4.69, 9.17) is 10.5 Å². The van der Waals surface area contributed by atoms with Gasteiger partial charge < -0.3 is 15.0 Å². The van der Waals surface area contributed by atoms with Gasteiger partial charge in [0.15, 0.2) is 0 Å². The largest absolute Gasteiger partial charge is 0.496 e. The highest BCUT2D eigenvalue weighted by Gasteiger charge is 2.12. The number of methoxy groups -OCH3 is 1. The van der Waals surface area contributed by atoms with Crippen molar-refractivity contribution in [3.63, 3.8) is 0 Å². The van der Waals surface area contributed by atoms with Gasteiger partial charge in [0.2, 0.25) is 0 Å². The van der Waals surface area contributed by atoms with Crippen molar-refractivity contribution in [1.29, 1.82) is 0 Å². The summed E-state index contributed by atoms with van der Waals surface area (Å²) in [5.74, 6) is 0.744. The average molecular weight is 244 g/mol. The fraction of sp³-hybridized carbons (Fsp3) is 0.214. The SMILES string of the molecule is COc1ccccc1C(N)Cn1ccccc1=O. The predicted molar refractivity (Wildman–Crippen MR) is 70.6 cm³/mol. The lowest BCUT2D eigenvalue weighted by molar-refractivity contribution is 0.402. The zero-order chi connectivity index (χ0) is 13.0. The lowest BCUT2D eigenvalue weighted by Gasteiger charge is -2.16. The van der Waals surface area contributed by atoms with Crippen LogP contribution in [0.4, 0.5) is 0 Å². The Morgan fingerprint density at radius 1 is 1.22 bits per heavy atom. The second-order valence-corrected chi connectivity index (χ2v) is 4.04. The van der Waals surface area contributed by atoms with Crippen molar-refractivity contribution in [3.05, 3.63) is 64.6 Å². The third-order valence-corrected chi connectivity index (χ3v) is 2.83. The molecule has 4 heteroatoms. The van der Waals surface area contributed by atoms with Crippen LogP contribution in [0.3, 0.4) is 0 Å². The molecule has 0 aliphatic rings. The molecule has 0 saturated heterocycles. The summed E-state index contributed by atoms with van der Waals surface area (Å²) in [6.07, 6.45) is 1.73. The summed E-state index contributed by atoms with van der Waals surface area (Å²) in [7, 11) is 1.61. The normalized spacial score (nSPS) is 12.1. The molecule has 1 atom stereocenters. The molecule has 1 unspecified atom stereocenters. The monoisotopic (exact) mass is 244 g/mol. The quantitative estimate of drug-likeness (QED) is 0.888. The molecule has 1 heterocycles. The van der Waals surface area contributed by atoms with Gasteiger partial charge >= 0.3 is 0 Å². The van der Waals surface area contributed by atoms with Gasteiger partial charge in [-0.1, -0.05) is 24.3 Å². The molecule has 2 N–H and O–H groups in total. The van der Waals surface area contributed by atoms with E-state index in [1.54, 1.807) is 23.9 Å². The zero-order valence-electron chi connectivity index (χ0n) is 10.2. The first kappa shape index (κ1) is 12.4. The highest BCUT2D eigenvalue weighted by Crippen LogP contribution is 2.23. The first-order valence-corrected chi connectivity index (χ1v) is 5.76. The fourth-order valence-corrected chi connectivity index (χ4v) is 1.89. The minimum atomic E-state index is -0.277. The summed E-state index contributed by atoms with van der Waals surface area (Å²) >= 11 is 0. The van der Waals surface area contributed by atoms with Crippen LogP contribution in [0.2, 0.25) is 0 Å².